The Morgan fingerprint density at radius 3 is 1.79 bits per heavy atom. The maximum atomic E-state index is 13.0. The fourth-order valence-corrected chi connectivity index (χ4v) is 5.16. The topological polar surface area (TPSA) is 41.1 Å². The molecular formula is C22H28Cl2N2OS2. The predicted octanol–water partition coefficient (Wildman–Crippen LogP) is 6.84. The maximum absolute atomic E-state index is 13.0. The number of halogens is 2. The van der Waals surface area contributed by atoms with Gasteiger partial charge in [-0.1, -0.05) is 47.3 Å². The van der Waals surface area contributed by atoms with Crippen molar-refractivity contribution in [2.45, 2.75) is 63.1 Å². The van der Waals surface area contributed by atoms with Crippen molar-refractivity contribution in [3.63, 3.8) is 0 Å². The van der Waals surface area contributed by atoms with E-state index in [9.17, 15) is 4.21 Å². The molecule has 158 valence electrons. The Bertz CT molecular complexity index is 935. The number of benzene rings is 2. The molecule has 0 aliphatic heterocycles. The summed E-state index contributed by atoms with van der Waals surface area (Å²) in [7, 11) is -1.23. The van der Waals surface area contributed by atoms with E-state index in [2.05, 4.69) is 36.3 Å². The summed E-state index contributed by atoms with van der Waals surface area (Å²) in [5, 5.41) is 1.35. The minimum atomic E-state index is -1.23. The van der Waals surface area contributed by atoms with Gasteiger partial charge in [0.25, 0.3) is 0 Å². The van der Waals surface area contributed by atoms with Crippen molar-refractivity contribution >= 4 is 46.1 Å². The maximum Gasteiger partial charge on any atom is 0.0976 e. The molecule has 0 fully saturated rings. The van der Waals surface area contributed by atoms with Gasteiger partial charge in [-0.3, -0.25) is 4.72 Å². The molecule has 3 atom stereocenters. The average molecular weight is 472 g/mol. The van der Waals surface area contributed by atoms with E-state index in [1.165, 1.54) is 0 Å². The number of rotatable bonds is 4. The summed E-state index contributed by atoms with van der Waals surface area (Å²) in [5.41, 5.74) is 4.26. The van der Waals surface area contributed by atoms with Gasteiger partial charge >= 0.3 is 0 Å². The summed E-state index contributed by atoms with van der Waals surface area (Å²) in [6, 6.07) is 11.6. The van der Waals surface area contributed by atoms with Crippen LogP contribution in [0.15, 0.2) is 36.4 Å². The predicted molar refractivity (Wildman–Crippen MR) is 129 cm³/mol. The van der Waals surface area contributed by atoms with E-state index in [-0.39, 0.29) is 21.6 Å². The van der Waals surface area contributed by atoms with Crippen molar-refractivity contribution in [1.82, 2.24) is 9.44 Å². The third-order valence-electron chi connectivity index (χ3n) is 4.61. The van der Waals surface area contributed by atoms with Crippen molar-refractivity contribution in [2.24, 2.45) is 0 Å². The number of nitrogens with one attached hydrogen (secondary N) is 2. The standard InChI is InChI=1S/C22H28Cl2N2OS2/c1-21(2,3)28-25-19-15-9-7-13(23)11-17(15)18-12-14(24)8-10-16(18)20(19)26-29(27)22(4,5)6/h7-12,19-20,25-26H,1-6H3. The van der Waals surface area contributed by atoms with Crippen molar-refractivity contribution in [2.75, 3.05) is 0 Å². The lowest BCUT2D eigenvalue weighted by molar-refractivity contribution is 0.491. The smallest absolute Gasteiger partial charge is 0.0976 e. The second kappa shape index (κ2) is 8.52. The Hall–Kier alpha value is -0.560. The molecule has 0 saturated heterocycles. The fraction of sp³-hybridized carbons (Fsp3) is 0.455. The highest BCUT2D eigenvalue weighted by Crippen LogP contribution is 2.47. The molecule has 0 bridgehead atoms. The van der Waals surface area contributed by atoms with Crippen LogP contribution >= 0.6 is 35.1 Å². The van der Waals surface area contributed by atoms with Crippen LogP contribution in [0.1, 0.15) is 64.8 Å². The molecule has 0 aromatic heterocycles. The number of hydrogen-bond acceptors (Lipinski definition) is 3. The third kappa shape index (κ3) is 5.38. The van der Waals surface area contributed by atoms with Crippen LogP contribution in [-0.2, 0) is 11.0 Å². The lowest BCUT2D eigenvalue weighted by Crippen LogP contribution is -2.42. The van der Waals surface area contributed by atoms with E-state index >= 15 is 0 Å². The van der Waals surface area contributed by atoms with Crippen LogP contribution in [0.3, 0.4) is 0 Å². The van der Waals surface area contributed by atoms with Gasteiger partial charge in [-0.2, -0.15) is 0 Å². The van der Waals surface area contributed by atoms with Gasteiger partial charge in [0.05, 0.1) is 27.8 Å². The quantitative estimate of drug-likeness (QED) is 0.480. The van der Waals surface area contributed by atoms with E-state index in [0.29, 0.717) is 10.0 Å². The lowest BCUT2D eigenvalue weighted by atomic mass is 9.80. The van der Waals surface area contributed by atoms with Gasteiger partial charge in [0.1, 0.15) is 0 Å². The zero-order valence-electron chi connectivity index (χ0n) is 17.6. The Morgan fingerprint density at radius 1 is 0.862 bits per heavy atom. The zero-order chi connectivity index (χ0) is 21.6. The van der Waals surface area contributed by atoms with Crippen molar-refractivity contribution in [1.29, 1.82) is 0 Å². The summed E-state index contributed by atoms with van der Waals surface area (Å²) in [6.45, 7) is 12.4. The minimum absolute atomic E-state index is 0.0284. The van der Waals surface area contributed by atoms with Crippen molar-refractivity contribution < 1.29 is 4.21 Å². The Labute approximate surface area is 191 Å². The van der Waals surface area contributed by atoms with E-state index in [1.807, 2.05) is 51.1 Å². The summed E-state index contributed by atoms with van der Waals surface area (Å²) in [6.07, 6.45) is 0. The number of hydrogen-bond donors (Lipinski definition) is 2. The van der Waals surface area contributed by atoms with Crippen LogP contribution in [0, 0.1) is 0 Å². The molecule has 29 heavy (non-hydrogen) atoms. The van der Waals surface area contributed by atoms with Crippen molar-refractivity contribution in [3.05, 3.63) is 57.6 Å². The zero-order valence-corrected chi connectivity index (χ0v) is 20.7. The Balaban J connectivity index is 2.14. The van der Waals surface area contributed by atoms with Crippen LogP contribution in [0.2, 0.25) is 10.0 Å². The first-order valence-electron chi connectivity index (χ1n) is 9.58. The Kier molecular flexibility index (Phi) is 6.79. The highest BCUT2D eigenvalue weighted by molar-refractivity contribution is 7.98. The highest BCUT2D eigenvalue weighted by Gasteiger charge is 2.37. The van der Waals surface area contributed by atoms with Crippen LogP contribution in [0.4, 0.5) is 0 Å². The molecule has 2 aromatic carbocycles. The normalized spacial score (nSPS) is 20.1. The molecule has 2 aromatic rings. The fourth-order valence-electron chi connectivity index (χ4n) is 3.22. The summed E-state index contributed by atoms with van der Waals surface area (Å²) in [4.78, 5) is 0. The first-order chi connectivity index (χ1) is 13.4. The molecule has 0 amide bonds. The van der Waals surface area contributed by atoms with Crippen LogP contribution in [-0.4, -0.2) is 13.7 Å². The minimum Gasteiger partial charge on any atom is -0.254 e. The molecule has 7 heteroatoms. The summed E-state index contributed by atoms with van der Waals surface area (Å²) in [5.74, 6) is 0. The molecule has 1 aliphatic rings. The molecule has 0 heterocycles. The molecule has 3 rings (SSSR count). The molecular weight excluding hydrogens is 443 g/mol. The van der Waals surface area contributed by atoms with E-state index < -0.39 is 11.0 Å². The SMILES string of the molecule is CC(C)(C)SNC1c2ccc(Cl)cc2-c2cc(Cl)ccc2C1NS(=O)C(C)(C)C. The van der Waals surface area contributed by atoms with Gasteiger partial charge < -0.3 is 0 Å². The van der Waals surface area contributed by atoms with Gasteiger partial charge in [-0.05, 0) is 88.1 Å². The molecule has 0 spiro atoms. The summed E-state index contributed by atoms with van der Waals surface area (Å²) < 4.78 is 19.7. The average Bonchev–Trinajstić information content (AvgIpc) is 2.59. The first kappa shape index (κ1) is 23.1. The second-order valence-electron chi connectivity index (χ2n) is 9.25. The molecule has 2 N–H and O–H groups in total. The monoisotopic (exact) mass is 470 g/mol. The van der Waals surface area contributed by atoms with Crippen LogP contribution in [0.25, 0.3) is 11.1 Å². The van der Waals surface area contributed by atoms with Gasteiger partial charge in [-0.15, -0.1) is 0 Å². The largest absolute Gasteiger partial charge is 0.254 e. The molecule has 3 unspecified atom stereocenters. The molecule has 0 saturated carbocycles. The van der Waals surface area contributed by atoms with Crippen molar-refractivity contribution in [3.8, 4) is 11.1 Å². The lowest BCUT2D eigenvalue weighted by Gasteiger charge is -2.38. The van der Waals surface area contributed by atoms with Crippen LogP contribution in [0.5, 0.6) is 0 Å². The van der Waals surface area contributed by atoms with E-state index in [1.54, 1.807) is 11.9 Å². The third-order valence-corrected chi connectivity index (χ3v) is 7.64. The van der Waals surface area contributed by atoms with Crippen LogP contribution < -0.4 is 9.44 Å². The van der Waals surface area contributed by atoms with Gasteiger partial charge in [0.15, 0.2) is 0 Å². The molecule has 1 aliphatic carbocycles. The second-order valence-corrected chi connectivity index (χ2v) is 13.8. The van der Waals surface area contributed by atoms with Gasteiger partial charge in [0, 0.05) is 14.8 Å². The Morgan fingerprint density at radius 2 is 1.34 bits per heavy atom. The summed E-state index contributed by atoms with van der Waals surface area (Å²) >= 11 is 14.3. The van der Waals surface area contributed by atoms with Gasteiger partial charge in [-0.25, -0.2) is 8.93 Å². The van der Waals surface area contributed by atoms with Gasteiger partial charge in [0.2, 0.25) is 0 Å². The molecule has 0 radical (unpaired) electrons. The highest BCUT2D eigenvalue weighted by atomic mass is 35.5. The van der Waals surface area contributed by atoms with E-state index in [0.717, 1.165) is 22.3 Å². The first-order valence-corrected chi connectivity index (χ1v) is 12.3. The molecule has 3 nitrogen and oxygen atoms in total. The van der Waals surface area contributed by atoms with E-state index in [4.69, 9.17) is 23.2 Å². The number of fused-ring (bicyclic) bond motifs is 3.